The highest BCUT2D eigenvalue weighted by molar-refractivity contribution is 6.19. The molecule has 2 heteroatoms. The summed E-state index contributed by atoms with van der Waals surface area (Å²) in [5, 5.41) is 8.91. The van der Waals surface area contributed by atoms with Crippen LogP contribution in [0.3, 0.4) is 0 Å². The second-order valence-corrected chi connectivity index (χ2v) is 2.86. The molecule has 1 aliphatic rings. The first kappa shape index (κ1) is 7.10. The minimum absolute atomic E-state index is 0.289. The molecule has 52 valence electrons. The van der Waals surface area contributed by atoms with Crippen molar-refractivity contribution in [1.82, 2.24) is 0 Å². The lowest BCUT2D eigenvalue weighted by Crippen LogP contribution is -2.14. The monoisotopic (exact) mass is 146 g/mol. The summed E-state index contributed by atoms with van der Waals surface area (Å²) in [4.78, 5) is 0. The predicted octanol–water partition coefficient (Wildman–Crippen LogP) is 1.90. The lowest BCUT2D eigenvalue weighted by Gasteiger charge is -2.18. The van der Waals surface area contributed by atoms with Crippen molar-refractivity contribution in [1.29, 1.82) is 0 Å². The molecule has 1 N–H and O–H groups in total. The van der Waals surface area contributed by atoms with Crippen LogP contribution in [0.5, 0.6) is 0 Å². The van der Waals surface area contributed by atoms with E-state index in [1.165, 1.54) is 0 Å². The summed E-state index contributed by atoms with van der Waals surface area (Å²) >= 11 is 5.48. The topological polar surface area (TPSA) is 20.2 Å². The molecule has 9 heavy (non-hydrogen) atoms. The second-order valence-electron chi connectivity index (χ2n) is 2.42. The molecular formula is C7H11ClO. The number of hydrogen-bond donors (Lipinski definition) is 1. The summed E-state index contributed by atoms with van der Waals surface area (Å²) in [6.07, 6.45) is 7.25. The number of halogens is 1. The lowest BCUT2D eigenvalue weighted by atomic mass is 9.95. The van der Waals surface area contributed by atoms with Gasteiger partial charge in [-0.2, -0.15) is 0 Å². The zero-order valence-electron chi connectivity index (χ0n) is 5.26. The molecule has 1 aliphatic carbocycles. The Morgan fingerprint density at radius 1 is 1.56 bits per heavy atom. The Hall–Kier alpha value is -0.0100. The van der Waals surface area contributed by atoms with Crippen LogP contribution in [0.1, 0.15) is 19.3 Å². The van der Waals surface area contributed by atoms with Crippen LogP contribution in [-0.2, 0) is 0 Å². The fraction of sp³-hybridized carbons (Fsp3) is 0.714. The quantitative estimate of drug-likeness (QED) is 0.443. The van der Waals surface area contributed by atoms with E-state index in [1.54, 1.807) is 0 Å². The predicted molar refractivity (Wildman–Crippen MR) is 38.3 cm³/mol. The first-order valence-electron chi connectivity index (χ1n) is 3.28. The van der Waals surface area contributed by atoms with Gasteiger partial charge in [0.2, 0.25) is 0 Å². The van der Waals surface area contributed by atoms with Gasteiger partial charge in [0.15, 0.2) is 0 Å². The average Bonchev–Trinajstić information content (AvgIpc) is 1.90. The van der Waals surface area contributed by atoms with E-state index >= 15 is 0 Å². The number of aliphatic hydroxyl groups is 1. The standard InChI is InChI=1S/C7H11ClO/c8-7(9)6-4-2-1-3-5-6/h1-2,6-7,9H,3-5H2. The summed E-state index contributed by atoms with van der Waals surface area (Å²) in [5.41, 5.74) is -0.644. The molecule has 0 aromatic carbocycles. The van der Waals surface area contributed by atoms with Crippen LogP contribution in [0, 0.1) is 5.92 Å². The third kappa shape index (κ3) is 1.99. The second kappa shape index (κ2) is 3.23. The number of hydrogen-bond acceptors (Lipinski definition) is 1. The lowest BCUT2D eigenvalue weighted by molar-refractivity contribution is 0.176. The maximum atomic E-state index is 8.91. The van der Waals surface area contributed by atoms with E-state index in [2.05, 4.69) is 12.2 Å². The summed E-state index contributed by atoms with van der Waals surface area (Å²) in [5.74, 6) is 0.289. The van der Waals surface area contributed by atoms with Gasteiger partial charge in [0.25, 0.3) is 0 Å². The van der Waals surface area contributed by atoms with Gasteiger partial charge in [-0.3, -0.25) is 0 Å². The van der Waals surface area contributed by atoms with Crippen molar-refractivity contribution < 1.29 is 5.11 Å². The van der Waals surface area contributed by atoms with Crippen molar-refractivity contribution >= 4 is 11.6 Å². The Kier molecular flexibility index (Phi) is 2.55. The molecule has 0 saturated heterocycles. The summed E-state index contributed by atoms with van der Waals surface area (Å²) in [6, 6.07) is 0. The van der Waals surface area contributed by atoms with Gasteiger partial charge in [-0.25, -0.2) is 0 Å². The fourth-order valence-electron chi connectivity index (χ4n) is 1.07. The number of aliphatic hydroxyl groups excluding tert-OH is 1. The molecule has 2 unspecified atom stereocenters. The van der Waals surface area contributed by atoms with Crippen LogP contribution in [0.2, 0.25) is 0 Å². The van der Waals surface area contributed by atoms with E-state index in [4.69, 9.17) is 16.7 Å². The molecule has 1 nitrogen and oxygen atoms in total. The van der Waals surface area contributed by atoms with Gasteiger partial charge in [-0.1, -0.05) is 23.8 Å². The zero-order chi connectivity index (χ0) is 6.69. The molecule has 0 aliphatic heterocycles. The third-order valence-corrected chi connectivity index (χ3v) is 2.05. The Morgan fingerprint density at radius 3 is 2.67 bits per heavy atom. The van der Waals surface area contributed by atoms with Crippen molar-refractivity contribution in [3.8, 4) is 0 Å². The largest absolute Gasteiger partial charge is 0.377 e. The Balaban J connectivity index is 2.35. The van der Waals surface area contributed by atoms with Crippen molar-refractivity contribution in [3.05, 3.63) is 12.2 Å². The highest BCUT2D eigenvalue weighted by Gasteiger charge is 2.15. The molecule has 1 rings (SSSR count). The van der Waals surface area contributed by atoms with E-state index in [9.17, 15) is 0 Å². The maximum Gasteiger partial charge on any atom is 0.131 e. The van der Waals surface area contributed by atoms with E-state index in [-0.39, 0.29) is 5.92 Å². The van der Waals surface area contributed by atoms with Crippen LogP contribution in [0.4, 0.5) is 0 Å². The van der Waals surface area contributed by atoms with Gasteiger partial charge in [0.1, 0.15) is 5.56 Å². The van der Waals surface area contributed by atoms with Crippen LogP contribution in [0.25, 0.3) is 0 Å². The molecule has 0 aromatic heterocycles. The van der Waals surface area contributed by atoms with Gasteiger partial charge in [-0.15, -0.1) is 0 Å². The molecular weight excluding hydrogens is 136 g/mol. The SMILES string of the molecule is OC(Cl)C1CC=CCC1. The molecule has 0 radical (unpaired) electrons. The first-order chi connectivity index (χ1) is 4.30. The van der Waals surface area contributed by atoms with Crippen molar-refractivity contribution in [2.75, 3.05) is 0 Å². The minimum Gasteiger partial charge on any atom is -0.377 e. The van der Waals surface area contributed by atoms with Crippen LogP contribution in [0.15, 0.2) is 12.2 Å². The molecule has 0 bridgehead atoms. The van der Waals surface area contributed by atoms with E-state index in [0.717, 1.165) is 19.3 Å². The van der Waals surface area contributed by atoms with E-state index in [0.29, 0.717) is 0 Å². The van der Waals surface area contributed by atoms with Crippen LogP contribution < -0.4 is 0 Å². The molecule has 0 saturated carbocycles. The molecule has 0 aromatic rings. The van der Waals surface area contributed by atoms with Gasteiger partial charge in [-0.05, 0) is 19.3 Å². The van der Waals surface area contributed by atoms with Gasteiger partial charge in [0.05, 0.1) is 0 Å². The summed E-state index contributed by atoms with van der Waals surface area (Å²) < 4.78 is 0. The molecule has 2 atom stereocenters. The minimum atomic E-state index is -0.644. The number of allylic oxidation sites excluding steroid dienone is 2. The van der Waals surface area contributed by atoms with Gasteiger partial charge >= 0.3 is 0 Å². The third-order valence-electron chi connectivity index (χ3n) is 1.70. The van der Waals surface area contributed by atoms with E-state index < -0.39 is 5.56 Å². The Labute approximate surface area is 60.3 Å². The van der Waals surface area contributed by atoms with Crippen LogP contribution >= 0.6 is 11.6 Å². The number of rotatable bonds is 1. The highest BCUT2D eigenvalue weighted by Crippen LogP contribution is 2.23. The van der Waals surface area contributed by atoms with Crippen molar-refractivity contribution in [3.63, 3.8) is 0 Å². The summed E-state index contributed by atoms with van der Waals surface area (Å²) in [6.45, 7) is 0. The van der Waals surface area contributed by atoms with Crippen molar-refractivity contribution in [2.45, 2.75) is 24.8 Å². The Bertz CT molecular complexity index is 109. The molecule has 0 heterocycles. The molecule has 0 fully saturated rings. The Morgan fingerprint density at radius 2 is 2.33 bits per heavy atom. The van der Waals surface area contributed by atoms with E-state index in [1.807, 2.05) is 0 Å². The smallest absolute Gasteiger partial charge is 0.131 e. The van der Waals surface area contributed by atoms with Gasteiger partial charge < -0.3 is 5.11 Å². The normalized spacial score (nSPS) is 30.2. The molecule has 0 amide bonds. The highest BCUT2D eigenvalue weighted by atomic mass is 35.5. The fourth-order valence-corrected chi connectivity index (χ4v) is 1.30. The average molecular weight is 147 g/mol. The number of alkyl halides is 1. The first-order valence-corrected chi connectivity index (χ1v) is 3.71. The van der Waals surface area contributed by atoms with Crippen LogP contribution in [-0.4, -0.2) is 10.7 Å². The molecule has 0 spiro atoms. The van der Waals surface area contributed by atoms with Gasteiger partial charge in [0, 0.05) is 5.92 Å². The maximum absolute atomic E-state index is 8.91. The summed E-state index contributed by atoms with van der Waals surface area (Å²) in [7, 11) is 0. The van der Waals surface area contributed by atoms with Crippen molar-refractivity contribution in [2.24, 2.45) is 5.92 Å². The zero-order valence-corrected chi connectivity index (χ0v) is 6.01.